The lowest BCUT2D eigenvalue weighted by atomic mass is 10.1. The third kappa shape index (κ3) is 6.29. The maximum Gasteiger partial charge on any atom is 0.339 e. The number of hydrogen-bond donors (Lipinski definition) is 2. The molecule has 0 saturated heterocycles. The van der Waals surface area contributed by atoms with Crippen LogP contribution in [0.3, 0.4) is 0 Å². The molecule has 0 bridgehead atoms. The summed E-state index contributed by atoms with van der Waals surface area (Å²) in [5, 5.41) is 2.81. The van der Waals surface area contributed by atoms with Gasteiger partial charge in [0.15, 0.2) is 0 Å². The van der Waals surface area contributed by atoms with Crippen molar-refractivity contribution in [2.45, 2.75) is 56.2 Å². The molecule has 7 nitrogen and oxygen atoms in total. The summed E-state index contributed by atoms with van der Waals surface area (Å²) in [5.41, 5.74) is -0.248. The van der Waals surface area contributed by atoms with Gasteiger partial charge in [-0.05, 0) is 51.8 Å². The van der Waals surface area contributed by atoms with Crippen molar-refractivity contribution in [1.29, 1.82) is 0 Å². The van der Waals surface area contributed by atoms with Crippen molar-refractivity contribution in [2.75, 3.05) is 0 Å². The first-order valence-corrected chi connectivity index (χ1v) is 11.7. The van der Waals surface area contributed by atoms with Crippen molar-refractivity contribution in [2.24, 2.45) is 0 Å². The summed E-state index contributed by atoms with van der Waals surface area (Å²) in [6.45, 7) is 5.08. The quantitative estimate of drug-likeness (QED) is 0.609. The number of nitrogens with one attached hydrogen (secondary N) is 2. The Morgan fingerprint density at radius 2 is 1.74 bits per heavy atom. The number of amides is 1. The zero-order valence-corrected chi connectivity index (χ0v) is 19.1. The van der Waals surface area contributed by atoms with E-state index in [0.717, 1.165) is 18.9 Å². The maximum absolute atomic E-state index is 12.8. The van der Waals surface area contributed by atoms with E-state index in [1.54, 1.807) is 51.1 Å². The van der Waals surface area contributed by atoms with Gasteiger partial charge < -0.3 is 10.1 Å². The second-order valence-corrected chi connectivity index (χ2v) is 10.5. The normalized spacial score (nSPS) is 15.2. The molecule has 2 N–H and O–H groups in total. The van der Waals surface area contributed by atoms with E-state index < -0.39 is 33.5 Å². The van der Waals surface area contributed by atoms with Gasteiger partial charge in [-0.3, -0.25) is 4.79 Å². The summed E-state index contributed by atoms with van der Waals surface area (Å²) in [7, 11) is -3.98. The molecule has 31 heavy (non-hydrogen) atoms. The molecule has 3 rings (SSSR count). The second-order valence-electron chi connectivity index (χ2n) is 8.48. The molecule has 0 aliphatic heterocycles. The highest BCUT2D eigenvalue weighted by molar-refractivity contribution is 7.89. The van der Waals surface area contributed by atoms with Gasteiger partial charge in [-0.2, -0.15) is 0 Å². The van der Waals surface area contributed by atoms with E-state index in [9.17, 15) is 18.0 Å². The number of ether oxygens (including phenoxy) is 1. The predicted octanol–water partition coefficient (Wildman–Crippen LogP) is 3.59. The first-order valence-electron chi connectivity index (χ1n) is 9.86. The Morgan fingerprint density at radius 1 is 1.10 bits per heavy atom. The van der Waals surface area contributed by atoms with Crippen molar-refractivity contribution >= 4 is 33.5 Å². The van der Waals surface area contributed by atoms with Crippen LogP contribution in [0, 0.1) is 0 Å². The van der Waals surface area contributed by atoms with Crippen LogP contribution >= 0.6 is 11.6 Å². The molecule has 1 amide bonds. The van der Waals surface area contributed by atoms with Crippen LogP contribution in [0.2, 0.25) is 5.02 Å². The van der Waals surface area contributed by atoms with Gasteiger partial charge in [-0.15, -0.1) is 0 Å². The molecule has 0 aromatic heterocycles. The van der Waals surface area contributed by atoms with Crippen LogP contribution in [0.4, 0.5) is 0 Å². The summed E-state index contributed by atoms with van der Waals surface area (Å²) in [5.74, 6) is -1.25. The number of sulfonamides is 1. The smallest absolute Gasteiger partial charge is 0.339 e. The van der Waals surface area contributed by atoms with Gasteiger partial charge in [0.1, 0.15) is 4.90 Å². The first kappa shape index (κ1) is 23.2. The van der Waals surface area contributed by atoms with Gasteiger partial charge >= 0.3 is 5.97 Å². The van der Waals surface area contributed by atoms with Crippen molar-refractivity contribution in [3.05, 3.63) is 64.7 Å². The fraction of sp³-hybridized carbons (Fsp3) is 0.364. The molecule has 1 aliphatic rings. The van der Waals surface area contributed by atoms with Crippen LogP contribution in [-0.2, 0) is 19.6 Å². The fourth-order valence-electron chi connectivity index (χ4n) is 2.87. The minimum Gasteiger partial charge on any atom is -0.444 e. The number of benzene rings is 2. The summed E-state index contributed by atoms with van der Waals surface area (Å²) in [4.78, 5) is 25.3. The summed E-state index contributed by atoms with van der Waals surface area (Å²) < 4.78 is 33.4. The standard InChI is InChI=1S/C22H25ClN2O5S/c1-22(2,3)25-31(28,29)18-13-15(9-12-17(18)23)21(27)30-19(14-7-5-4-6-8-14)20(26)24-16-10-11-16/h4-9,12-13,16,19,25H,10-11H2,1-3H3,(H,24,26). The summed E-state index contributed by atoms with van der Waals surface area (Å²) in [6.07, 6.45) is 0.624. The third-order valence-electron chi connectivity index (χ3n) is 4.39. The Morgan fingerprint density at radius 3 is 2.32 bits per heavy atom. The predicted molar refractivity (Wildman–Crippen MR) is 117 cm³/mol. The summed E-state index contributed by atoms with van der Waals surface area (Å²) >= 11 is 6.10. The SMILES string of the molecule is CC(C)(C)NS(=O)(=O)c1cc(C(=O)OC(C(=O)NC2CC2)c2ccccc2)ccc1Cl. The lowest BCUT2D eigenvalue weighted by Gasteiger charge is -2.21. The lowest BCUT2D eigenvalue weighted by molar-refractivity contribution is -0.130. The van der Waals surface area contributed by atoms with Crippen LogP contribution in [0.25, 0.3) is 0 Å². The molecule has 0 radical (unpaired) electrons. The monoisotopic (exact) mass is 464 g/mol. The number of carbonyl (C=O) groups excluding carboxylic acids is 2. The average molecular weight is 465 g/mol. The fourth-order valence-corrected chi connectivity index (χ4v) is 4.82. The van der Waals surface area contributed by atoms with E-state index >= 15 is 0 Å². The minimum absolute atomic E-state index is 0.0283. The first-order chi connectivity index (χ1) is 14.5. The average Bonchev–Trinajstić information content (AvgIpc) is 3.48. The Balaban J connectivity index is 1.88. The molecule has 9 heteroatoms. The van der Waals surface area contributed by atoms with E-state index in [1.807, 2.05) is 0 Å². The number of carbonyl (C=O) groups is 2. The van der Waals surface area contributed by atoms with Crippen molar-refractivity contribution < 1.29 is 22.7 Å². The molecule has 166 valence electrons. The number of esters is 1. The van der Waals surface area contributed by atoms with Gasteiger partial charge in [0.25, 0.3) is 5.91 Å². The molecular weight excluding hydrogens is 440 g/mol. The molecule has 2 aromatic carbocycles. The molecule has 1 fully saturated rings. The van der Waals surface area contributed by atoms with E-state index in [2.05, 4.69) is 10.0 Å². The molecule has 0 spiro atoms. The molecule has 1 aliphatic carbocycles. The minimum atomic E-state index is -3.98. The Hall–Kier alpha value is -2.42. The molecule has 1 unspecified atom stereocenters. The van der Waals surface area contributed by atoms with Gasteiger partial charge in [0.05, 0.1) is 10.6 Å². The molecule has 1 atom stereocenters. The highest BCUT2D eigenvalue weighted by atomic mass is 35.5. The van der Waals surface area contributed by atoms with Crippen LogP contribution in [0.15, 0.2) is 53.4 Å². The molecule has 0 heterocycles. The Kier molecular flexibility index (Phi) is 6.73. The zero-order valence-electron chi connectivity index (χ0n) is 17.5. The van der Waals surface area contributed by atoms with Gasteiger partial charge in [0.2, 0.25) is 16.1 Å². The van der Waals surface area contributed by atoms with Gasteiger partial charge in [-0.1, -0.05) is 41.9 Å². The van der Waals surface area contributed by atoms with Crippen LogP contribution in [0.5, 0.6) is 0 Å². The topological polar surface area (TPSA) is 102 Å². The van der Waals surface area contributed by atoms with Crippen LogP contribution in [0.1, 0.15) is 55.6 Å². The van der Waals surface area contributed by atoms with Gasteiger partial charge in [0, 0.05) is 17.1 Å². The van der Waals surface area contributed by atoms with Crippen LogP contribution < -0.4 is 10.0 Å². The van der Waals surface area contributed by atoms with Gasteiger partial charge in [-0.25, -0.2) is 17.9 Å². The lowest BCUT2D eigenvalue weighted by Crippen LogP contribution is -2.40. The number of hydrogen-bond acceptors (Lipinski definition) is 5. The maximum atomic E-state index is 12.8. The second kappa shape index (κ2) is 8.98. The Labute approximate surface area is 187 Å². The zero-order chi connectivity index (χ0) is 22.8. The Bertz CT molecular complexity index is 1080. The van der Waals surface area contributed by atoms with E-state index in [-0.39, 0.29) is 21.5 Å². The number of rotatable bonds is 7. The van der Waals surface area contributed by atoms with Crippen molar-refractivity contribution in [3.8, 4) is 0 Å². The van der Waals surface area contributed by atoms with E-state index in [1.165, 1.54) is 12.1 Å². The highest BCUT2D eigenvalue weighted by Crippen LogP contribution is 2.27. The summed E-state index contributed by atoms with van der Waals surface area (Å²) in [6, 6.07) is 12.6. The molecule has 2 aromatic rings. The third-order valence-corrected chi connectivity index (χ3v) is 6.63. The van der Waals surface area contributed by atoms with E-state index in [4.69, 9.17) is 16.3 Å². The number of halogens is 1. The largest absolute Gasteiger partial charge is 0.444 e. The van der Waals surface area contributed by atoms with Crippen molar-refractivity contribution in [1.82, 2.24) is 10.0 Å². The highest BCUT2D eigenvalue weighted by Gasteiger charge is 2.32. The van der Waals surface area contributed by atoms with Crippen molar-refractivity contribution in [3.63, 3.8) is 0 Å². The molecule has 1 saturated carbocycles. The van der Waals surface area contributed by atoms with E-state index in [0.29, 0.717) is 5.56 Å². The van der Waals surface area contributed by atoms with Crippen LogP contribution in [-0.4, -0.2) is 31.9 Å². The molecular formula is C22H25ClN2O5S.